The SMILES string of the molecule is C[C@H]1CC[C@H](Cn2c(N3CCOC[C@H]3c3ccccc3)nc3nc(Cl)nc(Cl)c32)CC1. The fraction of sp³-hybridized carbons (Fsp3) is 0.522. The van der Waals surface area contributed by atoms with Crippen molar-refractivity contribution in [3.8, 4) is 0 Å². The Balaban J connectivity index is 1.58. The quantitative estimate of drug-likeness (QED) is 0.378. The van der Waals surface area contributed by atoms with E-state index in [-0.39, 0.29) is 11.3 Å². The molecule has 0 amide bonds. The monoisotopic (exact) mass is 459 g/mol. The second kappa shape index (κ2) is 8.93. The van der Waals surface area contributed by atoms with Gasteiger partial charge in [0.1, 0.15) is 5.52 Å². The van der Waals surface area contributed by atoms with Crippen molar-refractivity contribution >= 4 is 40.3 Å². The molecule has 164 valence electrons. The van der Waals surface area contributed by atoms with Gasteiger partial charge >= 0.3 is 0 Å². The van der Waals surface area contributed by atoms with Gasteiger partial charge in [0.2, 0.25) is 11.2 Å². The molecule has 5 rings (SSSR count). The number of hydrogen-bond donors (Lipinski definition) is 0. The van der Waals surface area contributed by atoms with Crippen molar-refractivity contribution in [2.75, 3.05) is 24.7 Å². The molecule has 0 N–H and O–H groups in total. The van der Waals surface area contributed by atoms with Crippen LogP contribution in [0.25, 0.3) is 11.2 Å². The zero-order valence-electron chi connectivity index (χ0n) is 17.7. The molecule has 2 aromatic heterocycles. The summed E-state index contributed by atoms with van der Waals surface area (Å²) in [7, 11) is 0. The predicted molar refractivity (Wildman–Crippen MR) is 124 cm³/mol. The van der Waals surface area contributed by atoms with Crippen LogP contribution in [-0.2, 0) is 11.3 Å². The summed E-state index contributed by atoms with van der Waals surface area (Å²) in [5, 5.41) is 0.490. The molecular weight excluding hydrogens is 433 g/mol. The van der Waals surface area contributed by atoms with E-state index in [9.17, 15) is 0 Å². The molecule has 0 radical (unpaired) electrons. The van der Waals surface area contributed by atoms with Crippen LogP contribution in [0.5, 0.6) is 0 Å². The van der Waals surface area contributed by atoms with Gasteiger partial charge in [-0.2, -0.15) is 9.97 Å². The van der Waals surface area contributed by atoms with Gasteiger partial charge in [-0.05, 0) is 41.8 Å². The molecule has 1 aliphatic heterocycles. The van der Waals surface area contributed by atoms with E-state index >= 15 is 0 Å². The third-order valence-electron chi connectivity index (χ3n) is 6.66. The fourth-order valence-corrected chi connectivity index (χ4v) is 5.39. The average molecular weight is 460 g/mol. The molecule has 6 nitrogen and oxygen atoms in total. The lowest BCUT2D eigenvalue weighted by atomic mass is 9.83. The maximum absolute atomic E-state index is 6.57. The van der Waals surface area contributed by atoms with Gasteiger partial charge in [0.25, 0.3) is 0 Å². The largest absolute Gasteiger partial charge is 0.377 e. The van der Waals surface area contributed by atoms with E-state index in [0.29, 0.717) is 29.9 Å². The first-order valence-corrected chi connectivity index (χ1v) is 11.8. The van der Waals surface area contributed by atoms with Crippen molar-refractivity contribution in [3.63, 3.8) is 0 Å². The number of rotatable bonds is 4. The van der Waals surface area contributed by atoms with Gasteiger partial charge in [-0.3, -0.25) is 0 Å². The van der Waals surface area contributed by atoms with Gasteiger partial charge < -0.3 is 14.2 Å². The van der Waals surface area contributed by atoms with E-state index in [1.807, 2.05) is 6.07 Å². The molecule has 2 aliphatic rings. The molecule has 2 fully saturated rings. The van der Waals surface area contributed by atoms with Crippen LogP contribution in [0.4, 0.5) is 5.95 Å². The van der Waals surface area contributed by atoms with Gasteiger partial charge in [0.15, 0.2) is 10.8 Å². The van der Waals surface area contributed by atoms with Crippen LogP contribution in [0.2, 0.25) is 10.4 Å². The maximum Gasteiger partial charge on any atom is 0.225 e. The summed E-state index contributed by atoms with van der Waals surface area (Å²) in [6, 6.07) is 10.5. The van der Waals surface area contributed by atoms with Gasteiger partial charge in [-0.15, -0.1) is 0 Å². The average Bonchev–Trinajstić information content (AvgIpc) is 3.14. The fourth-order valence-electron chi connectivity index (χ4n) is 4.91. The predicted octanol–water partition coefficient (Wildman–Crippen LogP) is 5.54. The van der Waals surface area contributed by atoms with E-state index in [2.05, 4.69) is 50.6 Å². The van der Waals surface area contributed by atoms with Gasteiger partial charge in [0, 0.05) is 13.1 Å². The van der Waals surface area contributed by atoms with Crippen molar-refractivity contribution in [1.29, 1.82) is 0 Å². The van der Waals surface area contributed by atoms with Crippen LogP contribution in [0.3, 0.4) is 0 Å². The summed E-state index contributed by atoms with van der Waals surface area (Å²) < 4.78 is 8.08. The zero-order valence-corrected chi connectivity index (χ0v) is 19.2. The molecular formula is C23H27Cl2N5O. The van der Waals surface area contributed by atoms with Crippen molar-refractivity contribution in [1.82, 2.24) is 19.5 Å². The van der Waals surface area contributed by atoms with Crippen LogP contribution in [0.1, 0.15) is 44.2 Å². The molecule has 1 saturated heterocycles. The Morgan fingerprint density at radius 3 is 2.58 bits per heavy atom. The van der Waals surface area contributed by atoms with Gasteiger partial charge in [0.05, 0.1) is 19.3 Å². The number of imidazole rings is 1. The highest BCUT2D eigenvalue weighted by Crippen LogP contribution is 2.36. The maximum atomic E-state index is 6.57. The Hall–Kier alpha value is -1.89. The van der Waals surface area contributed by atoms with E-state index in [4.69, 9.17) is 32.9 Å². The Kier molecular flexibility index (Phi) is 6.04. The van der Waals surface area contributed by atoms with Crippen LogP contribution in [0.15, 0.2) is 30.3 Å². The molecule has 1 aromatic carbocycles. The van der Waals surface area contributed by atoms with E-state index in [1.165, 1.54) is 31.2 Å². The molecule has 31 heavy (non-hydrogen) atoms. The van der Waals surface area contributed by atoms with Gasteiger partial charge in [-0.1, -0.05) is 61.7 Å². The topological polar surface area (TPSA) is 56.1 Å². The summed E-state index contributed by atoms with van der Waals surface area (Å²) >= 11 is 12.7. The Bertz CT molecular complexity index is 1050. The number of anilines is 1. The van der Waals surface area contributed by atoms with E-state index < -0.39 is 0 Å². The van der Waals surface area contributed by atoms with Crippen LogP contribution < -0.4 is 4.90 Å². The number of hydrogen-bond acceptors (Lipinski definition) is 5. The van der Waals surface area contributed by atoms with E-state index in [0.717, 1.165) is 30.5 Å². The molecule has 8 heteroatoms. The lowest BCUT2D eigenvalue weighted by Gasteiger charge is -2.37. The summed E-state index contributed by atoms with van der Waals surface area (Å²) in [5.41, 5.74) is 2.54. The molecule has 0 unspecified atom stereocenters. The standard InChI is InChI=1S/C23H27Cl2N5O/c1-15-7-9-16(10-8-15)13-30-19-20(24)26-22(25)27-21(19)28-23(30)29-11-12-31-14-18(29)17-5-3-2-4-6-17/h2-6,15-16,18H,7-14H2,1H3/t15-,16-,18-/m0/s1. The number of fused-ring (bicyclic) bond motifs is 1. The number of halogens is 2. The highest BCUT2D eigenvalue weighted by atomic mass is 35.5. The molecule has 3 aromatic rings. The Morgan fingerprint density at radius 2 is 1.81 bits per heavy atom. The minimum atomic E-state index is 0.0825. The van der Waals surface area contributed by atoms with Crippen LogP contribution in [0, 0.1) is 11.8 Å². The minimum Gasteiger partial charge on any atom is -0.377 e. The highest BCUT2D eigenvalue weighted by molar-refractivity contribution is 6.35. The molecule has 0 bridgehead atoms. The summed E-state index contributed by atoms with van der Waals surface area (Å²) in [5.74, 6) is 2.28. The van der Waals surface area contributed by atoms with Crippen molar-refractivity contribution in [2.45, 2.75) is 45.2 Å². The number of aromatic nitrogens is 4. The van der Waals surface area contributed by atoms with Crippen molar-refractivity contribution in [2.24, 2.45) is 11.8 Å². The number of morpholine rings is 1. The first kappa shape index (κ1) is 21.0. The lowest BCUT2D eigenvalue weighted by Crippen LogP contribution is -2.41. The zero-order chi connectivity index (χ0) is 21.4. The first-order chi connectivity index (χ1) is 15.1. The number of benzene rings is 1. The molecule has 0 spiro atoms. The smallest absolute Gasteiger partial charge is 0.225 e. The second-order valence-corrected chi connectivity index (χ2v) is 9.49. The third kappa shape index (κ3) is 4.26. The molecule has 1 atom stereocenters. The third-order valence-corrected chi connectivity index (χ3v) is 7.09. The number of nitrogens with zero attached hydrogens (tertiary/aromatic N) is 5. The summed E-state index contributed by atoms with van der Waals surface area (Å²) in [6.45, 7) is 5.24. The van der Waals surface area contributed by atoms with Gasteiger partial charge in [-0.25, -0.2) is 4.98 Å². The highest BCUT2D eigenvalue weighted by Gasteiger charge is 2.31. The van der Waals surface area contributed by atoms with Crippen LogP contribution >= 0.6 is 23.2 Å². The number of ether oxygens (including phenoxy) is 1. The molecule has 1 saturated carbocycles. The Labute approximate surface area is 192 Å². The Morgan fingerprint density at radius 1 is 1.03 bits per heavy atom. The second-order valence-electron chi connectivity index (χ2n) is 8.80. The summed E-state index contributed by atoms with van der Waals surface area (Å²) in [4.78, 5) is 15.9. The van der Waals surface area contributed by atoms with Crippen molar-refractivity contribution in [3.05, 3.63) is 46.3 Å². The van der Waals surface area contributed by atoms with Crippen LogP contribution in [-0.4, -0.2) is 39.3 Å². The minimum absolute atomic E-state index is 0.0825. The molecule has 1 aliphatic carbocycles. The molecule has 3 heterocycles. The lowest BCUT2D eigenvalue weighted by molar-refractivity contribution is 0.0927. The first-order valence-electron chi connectivity index (χ1n) is 11.1. The summed E-state index contributed by atoms with van der Waals surface area (Å²) in [6.07, 6.45) is 4.98. The normalized spacial score (nSPS) is 24.6. The van der Waals surface area contributed by atoms with Crippen molar-refractivity contribution < 1.29 is 4.74 Å². The van der Waals surface area contributed by atoms with E-state index in [1.54, 1.807) is 0 Å².